The Balaban J connectivity index is 1.70. The van der Waals surface area contributed by atoms with Crippen molar-refractivity contribution >= 4 is 6.34 Å². The van der Waals surface area contributed by atoms with Gasteiger partial charge in [0.25, 0.3) is 0 Å². The largest absolute Gasteiger partial charge is 0.256 e. The third-order valence-corrected chi connectivity index (χ3v) is 5.34. The van der Waals surface area contributed by atoms with Crippen LogP contribution in [0.2, 0.25) is 0 Å². The molecule has 0 fully saturated rings. The maximum atomic E-state index is 2.56. The first-order chi connectivity index (χ1) is 10.4. The number of fused-ring (bicyclic) bond motifs is 7. The second-order valence-corrected chi connectivity index (χ2v) is 6.38. The zero-order valence-corrected chi connectivity index (χ0v) is 12.1. The average molecular weight is 275 g/mol. The lowest BCUT2D eigenvalue weighted by Gasteiger charge is -2.32. The van der Waals surface area contributed by atoms with Gasteiger partial charge in [-0.05, 0) is 11.1 Å². The Bertz CT molecular complexity index is 747. The third kappa shape index (κ3) is 1.56. The van der Waals surface area contributed by atoms with Gasteiger partial charge < -0.3 is 0 Å². The molecule has 3 aliphatic rings. The van der Waals surface area contributed by atoms with E-state index in [-0.39, 0.29) is 0 Å². The van der Waals surface area contributed by atoms with Crippen LogP contribution in [0.1, 0.15) is 34.3 Å². The molecule has 0 aliphatic carbocycles. The summed E-state index contributed by atoms with van der Waals surface area (Å²) >= 11 is 0. The minimum atomic E-state index is 0.497. The molecule has 0 radical (unpaired) electrons. The molecule has 2 atom stereocenters. The molecule has 0 saturated heterocycles. The van der Waals surface area contributed by atoms with E-state index in [1.807, 2.05) is 0 Å². The molecule has 0 spiro atoms. The van der Waals surface area contributed by atoms with Gasteiger partial charge in [-0.15, -0.1) is 0 Å². The van der Waals surface area contributed by atoms with Crippen LogP contribution in [0.3, 0.4) is 0 Å². The molecule has 3 aliphatic heterocycles. The first-order valence-electron chi connectivity index (χ1n) is 7.94. The maximum absolute atomic E-state index is 2.56. The van der Waals surface area contributed by atoms with E-state index in [2.05, 4.69) is 64.3 Å². The highest BCUT2D eigenvalue weighted by Gasteiger charge is 2.48. The highest BCUT2D eigenvalue weighted by molar-refractivity contribution is 5.57. The van der Waals surface area contributed by atoms with E-state index in [1.165, 1.54) is 35.1 Å². The van der Waals surface area contributed by atoms with Gasteiger partial charge in [-0.25, -0.2) is 0 Å². The first-order valence-corrected chi connectivity index (χ1v) is 7.94. The van der Waals surface area contributed by atoms with Gasteiger partial charge in [0.05, 0.1) is 13.1 Å². The number of nitrogens with zero attached hydrogens (tertiary/aromatic N) is 2. The van der Waals surface area contributed by atoms with Crippen molar-refractivity contribution in [3.05, 3.63) is 70.8 Å². The normalized spacial score (nSPS) is 25.5. The molecule has 0 amide bonds. The molecule has 21 heavy (non-hydrogen) atoms. The Labute approximate surface area is 125 Å². The number of rotatable bonds is 0. The van der Waals surface area contributed by atoms with Crippen LogP contribution in [0, 0.1) is 0 Å². The van der Waals surface area contributed by atoms with Gasteiger partial charge in [0.2, 0.25) is 6.34 Å². The van der Waals surface area contributed by atoms with Crippen molar-refractivity contribution in [3.8, 4) is 0 Å². The summed E-state index contributed by atoms with van der Waals surface area (Å²) in [4.78, 5) is 2.56. The topological polar surface area (TPSA) is 6.25 Å². The lowest BCUT2D eigenvalue weighted by molar-refractivity contribution is -0.567. The number of hydrogen-bond donors (Lipinski definition) is 0. The van der Waals surface area contributed by atoms with Crippen LogP contribution in [0.15, 0.2) is 48.5 Å². The van der Waals surface area contributed by atoms with E-state index in [0.717, 1.165) is 13.1 Å². The molecule has 2 heteroatoms. The molecule has 2 aromatic carbocycles. The second kappa shape index (κ2) is 4.20. The fourth-order valence-electron chi connectivity index (χ4n) is 4.39. The minimum absolute atomic E-state index is 0.497. The highest BCUT2D eigenvalue weighted by atomic mass is 15.3. The van der Waals surface area contributed by atoms with Gasteiger partial charge in [-0.3, -0.25) is 9.48 Å². The number of benzene rings is 2. The average Bonchev–Trinajstić information content (AvgIpc) is 2.94. The van der Waals surface area contributed by atoms with E-state index in [1.54, 1.807) is 0 Å². The molecular formula is C19H19N2+. The SMILES string of the molecule is C1=[N+]2CCc3ccccc3[C@H]2[C@@H]2c3ccccc3CCN12. The van der Waals surface area contributed by atoms with Crippen molar-refractivity contribution in [2.24, 2.45) is 0 Å². The highest BCUT2D eigenvalue weighted by Crippen LogP contribution is 2.45. The standard InChI is InChI=1S/C19H19N2/c1-3-7-16-14(5-1)9-11-20-13-21-12-10-15-6-2-4-8-17(15)19(21)18(16)20/h1-8,13,18-19H,9-12H2/q+1/t18-,19-/m0/s1. The Kier molecular flexibility index (Phi) is 2.31. The van der Waals surface area contributed by atoms with Crippen molar-refractivity contribution in [1.29, 1.82) is 0 Å². The van der Waals surface area contributed by atoms with Gasteiger partial charge in [0, 0.05) is 24.0 Å². The zero-order valence-electron chi connectivity index (χ0n) is 12.1. The molecule has 0 aromatic heterocycles. The van der Waals surface area contributed by atoms with E-state index in [0.29, 0.717) is 12.1 Å². The quantitative estimate of drug-likeness (QED) is 0.670. The summed E-state index contributed by atoms with van der Waals surface area (Å²) in [6.45, 7) is 2.30. The fraction of sp³-hybridized carbons (Fsp3) is 0.316. The molecular weight excluding hydrogens is 256 g/mol. The Morgan fingerprint density at radius 1 is 0.857 bits per heavy atom. The van der Waals surface area contributed by atoms with Gasteiger partial charge in [-0.1, -0.05) is 48.5 Å². The van der Waals surface area contributed by atoms with Crippen LogP contribution < -0.4 is 0 Å². The molecule has 2 nitrogen and oxygen atoms in total. The second-order valence-electron chi connectivity index (χ2n) is 6.38. The van der Waals surface area contributed by atoms with Gasteiger partial charge in [0.15, 0.2) is 12.1 Å². The third-order valence-electron chi connectivity index (χ3n) is 5.34. The molecule has 0 N–H and O–H groups in total. The van der Waals surface area contributed by atoms with Crippen molar-refractivity contribution in [2.75, 3.05) is 13.1 Å². The number of hydrogen-bond acceptors (Lipinski definition) is 1. The van der Waals surface area contributed by atoms with Crippen LogP contribution in [-0.4, -0.2) is 28.9 Å². The van der Waals surface area contributed by atoms with Crippen molar-refractivity contribution in [2.45, 2.75) is 24.9 Å². The predicted molar refractivity (Wildman–Crippen MR) is 83.7 cm³/mol. The van der Waals surface area contributed by atoms with E-state index < -0.39 is 0 Å². The molecule has 2 aromatic rings. The molecule has 0 bridgehead atoms. The molecule has 3 heterocycles. The van der Waals surface area contributed by atoms with Crippen molar-refractivity contribution in [1.82, 2.24) is 4.90 Å². The van der Waals surface area contributed by atoms with E-state index in [4.69, 9.17) is 0 Å². The summed E-state index contributed by atoms with van der Waals surface area (Å²) in [5, 5.41) is 0. The van der Waals surface area contributed by atoms with Crippen LogP contribution in [0.25, 0.3) is 0 Å². The molecule has 0 saturated carbocycles. The molecule has 104 valence electrons. The van der Waals surface area contributed by atoms with Crippen LogP contribution >= 0.6 is 0 Å². The Morgan fingerprint density at radius 2 is 1.57 bits per heavy atom. The molecule has 5 rings (SSSR count). The summed E-state index contributed by atoms with van der Waals surface area (Å²) in [6, 6.07) is 19.0. The predicted octanol–water partition coefficient (Wildman–Crippen LogP) is 2.94. The Hall–Kier alpha value is -2.09. The monoisotopic (exact) mass is 275 g/mol. The zero-order chi connectivity index (χ0) is 13.8. The van der Waals surface area contributed by atoms with Crippen LogP contribution in [0.4, 0.5) is 0 Å². The van der Waals surface area contributed by atoms with Crippen LogP contribution in [0.5, 0.6) is 0 Å². The summed E-state index contributed by atoms with van der Waals surface area (Å²) in [5.41, 5.74) is 6.14. The summed E-state index contributed by atoms with van der Waals surface area (Å²) < 4.78 is 2.56. The minimum Gasteiger partial charge on any atom is -0.256 e. The smallest absolute Gasteiger partial charge is 0.235 e. The fourth-order valence-corrected chi connectivity index (χ4v) is 4.39. The lowest BCUT2D eigenvalue weighted by atomic mass is 9.83. The van der Waals surface area contributed by atoms with Crippen LogP contribution in [-0.2, 0) is 12.8 Å². The Morgan fingerprint density at radius 3 is 2.43 bits per heavy atom. The van der Waals surface area contributed by atoms with E-state index >= 15 is 0 Å². The lowest BCUT2D eigenvalue weighted by Crippen LogP contribution is -2.34. The first kappa shape index (κ1) is 11.6. The maximum Gasteiger partial charge on any atom is 0.235 e. The van der Waals surface area contributed by atoms with Crippen molar-refractivity contribution in [3.63, 3.8) is 0 Å². The van der Waals surface area contributed by atoms with Gasteiger partial charge in [0.1, 0.15) is 0 Å². The molecule has 0 unspecified atom stereocenters. The summed E-state index contributed by atoms with van der Waals surface area (Å²) in [6.07, 6.45) is 4.73. The van der Waals surface area contributed by atoms with E-state index in [9.17, 15) is 0 Å². The summed E-state index contributed by atoms with van der Waals surface area (Å²) in [5.74, 6) is 0. The van der Waals surface area contributed by atoms with Gasteiger partial charge >= 0.3 is 0 Å². The van der Waals surface area contributed by atoms with Crippen molar-refractivity contribution < 1.29 is 4.58 Å². The summed E-state index contributed by atoms with van der Waals surface area (Å²) in [7, 11) is 0. The van der Waals surface area contributed by atoms with Gasteiger partial charge in [-0.2, -0.15) is 0 Å².